The highest BCUT2D eigenvalue weighted by molar-refractivity contribution is 5.76. The van der Waals surface area contributed by atoms with Gasteiger partial charge in [-0.25, -0.2) is 0 Å². The van der Waals surface area contributed by atoms with Crippen LogP contribution in [0.2, 0.25) is 0 Å². The fourth-order valence-electron chi connectivity index (χ4n) is 0.970. The molecule has 72 valence electrons. The summed E-state index contributed by atoms with van der Waals surface area (Å²) >= 11 is 0. The van der Waals surface area contributed by atoms with E-state index in [0.717, 1.165) is 5.56 Å². The maximum atomic E-state index is 9.21. The van der Waals surface area contributed by atoms with Gasteiger partial charge in [-0.3, -0.25) is 0 Å². The second-order valence-corrected chi connectivity index (χ2v) is 2.51. The molecular weight excluding hydrogens is 190 g/mol. The van der Waals surface area contributed by atoms with Crippen molar-refractivity contribution in [3.63, 3.8) is 0 Å². The van der Waals surface area contributed by atoms with Crippen LogP contribution in [0.15, 0.2) is 30.3 Å². The number of carbonyl (C=O) groups excluding carboxylic acids is 1. The number of ether oxygens (including phenoxy) is 1. The summed E-state index contributed by atoms with van der Waals surface area (Å²) < 4.78 is 4.68. The lowest BCUT2D eigenvalue weighted by molar-refractivity contribution is -0.406. The number of benzene rings is 1. The van der Waals surface area contributed by atoms with Crippen LogP contribution in [0.4, 0.5) is 0 Å². The van der Waals surface area contributed by atoms with Crippen LogP contribution in [-0.4, -0.2) is 17.9 Å². The predicted molar refractivity (Wildman–Crippen MR) is 46.0 cm³/mol. The van der Waals surface area contributed by atoms with Gasteiger partial charge in [0.15, 0.2) is 7.11 Å². The summed E-state index contributed by atoms with van der Waals surface area (Å²) in [4.78, 5) is 9.21. The van der Waals surface area contributed by atoms with E-state index in [0.29, 0.717) is 0 Å². The van der Waals surface area contributed by atoms with Crippen molar-refractivity contribution in [1.82, 2.24) is 0 Å². The highest BCUT2D eigenvalue weighted by atomic mass is 35.5. The molecule has 0 saturated heterocycles. The summed E-state index contributed by atoms with van der Waals surface area (Å²) in [5.74, 6) is -0.0544. The predicted octanol–water partition coefficient (Wildman–Crippen LogP) is -2.88. The molecule has 0 aliphatic heterocycles. The van der Waals surface area contributed by atoms with Gasteiger partial charge in [-0.05, 0) is 0 Å². The van der Waals surface area contributed by atoms with Crippen molar-refractivity contribution in [2.45, 2.75) is 6.04 Å². The van der Waals surface area contributed by atoms with Gasteiger partial charge < -0.3 is 27.7 Å². The first-order valence-corrected chi connectivity index (χ1v) is 3.73. The van der Waals surface area contributed by atoms with E-state index >= 15 is 0 Å². The molecule has 0 saturated carbocycles. The van der Waals surface area contributed by atoms with E-state index in [1.165, 1.54) is 7.11 Å². The molecule has 1 aromatic carbocycles. The molecule has 1 aromatic rings. The molecule has 1 unspecified atom stereocenters. The first kappa shape index (κ1) is 11.9. The molecule has 0 fully saturated rings. The maximum Gasteiger partial charge on any atom is 0.548 e. The number of halogens is 1. The van der Waals surface area contributed by atoms with Gasteiger partial charge in [0, 0.05) is 5.56 Å². The Morgan fingerprint density at radius 3 is 2.38 bits per heavy atom. The molecule has 0 heterocycles. The van der Waals surface area contributed by atoms with Gasteiger partial charge in [-0.2, -0.15) is 0 Å². The molecule has 0 amide bonds. The Morgan fingerprint density at radius 1 is 1.38 bits per heavy atom. The fourth-order valence-corrected chi connectivity index (χ4v) is 0.970. The second-order valence-electron chi connectivity index (χ2n) is 2.51. The second kappa shape index (κ2) is 5.56. The summed E-state index contributed by atoms with van der Waals surface area (Å²) in [5.41, 5.74) is 4.71. The molecule has 0 bridgehead atoms. The van der Waals surface area contributed by atoms with Crippen LogP contribution in [0.25, 0.3) is 0 Å². The van der Waals surface area contributed by atoms with E-state index in [1.807, 2.05) is 30.3 Å². The number of quaternary nitrogens is 1. The molecule has 0 aliphatic rings. The number of hydrogen-bond donors (Lipinski definition) is 1. The van der Waals surface area contributed by atoms with Crippen LogP contribution in [-0.2, 0) is 4.74 Å². The number of esters is 1. The van der Waals surface area contributed by atoms with Gasteiger partial charge in [0.1, 0.15) is 0 Å². The minimum Gasteiger partial charge on any atom is -1.00 e. The molecule has 1 rings (SSSR count). The largest absolute Gasteiger partial charge is 1.00 e. The lowest BCUT2D eigenvalue weighted by Gasteiger charge is -1.99. The fraction of sp³-hybridized carbons (Fsp3) is 0.222. The Labute approximate surface area is 83.3 Å². The van der Waals surface area contributed by atoms with Gasteiger partial charge in [0.05, 0.1) is 0 Å². The van der Waals surface area contributed by atoms with Crippen LogP contribution in [0.3, 0.4) is 0 Å². The monoisotopic (exact) mass is 202 g/mol. The maximum absolute atomic E-state index is 9.21. The average molecular weight is 203 g/mol. The highest BCUT2D eigenvalue weighted by Gasteiger charge is 2.26. The van der Waals surface area contributed by atoms with Gasteiger partial charge in [-0.1, -0.05) is 30.3 Å². The van der Waals surface area contributed by atoms with Crippen LogP contribution < -0.4 is 18.1 Å². The molecule has 0 spiro atoms. The molecule has 0 aromatic heterocycles. The van der Waals surface area contributed by atoms with Crippen LogP contribution in [0, 0.1) is 0 Å². The zero-order chi connectivity index (χ0) is 8.97. The third kappa shape index (κ3) is 3.05. The Balaban J connectivity index is 0.00000144. The number of methoxy groups -OCH3 is 1. The summed E-state index contributed by atoms with van der Waals surface area (Å²) in [6, 6.07) is 9.20. The molecule has 4 N–H and O–H groups in total. The van der Waals surface area contributed by atoms with Crippen LogP contribution in [0.1, 0.15) is 11.6 Å². The van der Waals surface area contributed by atoms with Gasteiger partial charge in [0.2, 0.25) is 0 Å². The summed E-state index contributed by atoms with van der Waals surface area (Å²) in [7, 11) is 1.43. The summed E-state index contributed by atoms with van der Waals surface area (Å²) in [6.45, 7) is 0. The van der Waals surface area contributed by atoms with E-state index in [1.54, 1.807) is 0 Å². The zero-order valence-electron chi connectivity index (χ0n) is 7.40. The normalized spacial score (nSPS) is 11.2. The molecule has 13 heavy (non-hydrogen) atoms. The Bertz CT molecular complexity index is 264. The van der Waals surface area contributed by atoms with Gasteiger partial charge >= 0.3 is 5.97 Å². The van der Waals surface area contributed by atoms with E-state index in [-0.39, 0.29) is 24.4 Å². The lowest BCUT2D eigenvalue weighted by Crippen LogP contribution is -3.00. The third-order valence-electron chi connectivity index (χ3n) is 1.71. The zero-order valence-corrected chi connectivity index (χ0v) is 8.16. The average Bonchev–Trinajstić information content (AvgIpc) is 2.17. The van der Waals surface area contributed by atoms with Crippen molar-refractivity contribution in [2.24, 2.45) is 0 Å². The summed E-state index contributed by atoms with van der Waals surface area (Å²) in [6.07, 6.45) is 0. The smallest absolute Gasteiger partial charge is 0.548 e. The lowest BCUT2D eigenvalue weighted by atomic mass is 10.1. The van der Waals surface area contributed by atoms with E-state index < -0.39 is 0 Å². The molecule has 0 aliphatic carbocycles. The van der Waals surface area contributed by atoms with Crippen molar-refractivity contribution >= 4 is 5.97 Å². The Morgan fingerprint density at radius 2 is 1.92 bits per heavy atom. The third-order valence-corrected chi connectivity index (χ3v) is 1.71. The van der Waals surface area contributed by atoms with Crippen molar-refractivity contribution in [3.8, 4) is 0 Å². The molecular formula is C9H13ClNO2+. The quantitative estimate of drug-likeness (QED) is 0.407. The Kier molecular flexibility index (Phi) is 5.11. The minimum absolute atomic E-state index is 0. The van der Waals surface area contributed by atoms with Gasteiger partial charge in [0.25, 0.3) is 6.04 Å². The molecule has 3 nitrogen and oxygen atoms in total. The highest BCUT2D eigenvalue weighted by Crippen LogP contribution is 2.07. The topological polar surface area (TPSA) is 58.3 Å². The van der Waals surface area contributed by atoms with Crippen molar-refractivity contribution in [2.75, 3.05) is 7.11 Å². The molecule has 1 atom stereocenters. The van der Waals surface area contributed by atoms with E-state index in [4.69, 9.17) is 0 Å². The first-order valence-electron chi connectivity index (χ1n) is 3.73. The Hall–Kier alpha value is -1.06. The van der Waals surface area contributed by atoms with E-state index in [9.17, 15) is 4.79 Å². The molecule has 0 radical (unpaired) electrons. The van der Waals surface area contributed by atoms with Crippen LogP contribution >= 0.6 is 0 Å². The standard InChI is InChI=1S/C9H11NO2.ClH/c1-12-9(11)8(10)7-5-3-2-4-6-7;/h2-6,8H,10H2,1H3;1H/p+1. The van der Waals surface area contributed by atoms with E-state index in [2.05, 4.69) is 10.5 Å². The number of rotatable bonds is 2. The molecule has 4 heteroatoms. The van der Waals surface area contributed by atoms with Gasteiger partial charge in [-0.15, -0.1) is 0 Å². The van der Waals surface area contributed by atoms with Crippen molar-refractivity contribution < 1.29 is 27.7 Å². The summed E-state index contributed by atoms with van der Waals surface area (Å²) in [5, 5.41) is 0. The SMILES string of the molecule is COC(=[OH+])C([NH3+])c1ccccc1.[Cl-]. The van der Waals surface area contributed by atoms with Crippen molar-refractivity contribution in [1.29, 1.82) is 0 Å². The van der Waals surface area contributed by atoms with Crippen LogP contribution in [0.5, 0.6) is 0 Å². The van der Waals surface area contributed by atoms with Crippen molar-refractivity contribution in [3.05, 3.63) is 35.9 Å². The first-order chi connectivity index (χ1) is 5.75. The minimum atomic E-state index is -0.309. The number of hydrogen-bond acceptors (Lipinski definition) is 1.